The molecule has 0 radical (unpaired) electrons. The summed E-state index contributed by atoms with van der Waals surface area (Å²) in [7, 11) is 0. The molecule has 0 aromatic carbocycles. The standard InChI is InChI=1S/C7H10N2O3.ClH/c1-2-3-8-4-6(10)9-5-7(11)12;/h1,8H,3-5H2,(H,9,10)(H,11,12);1H. The van der Waals surface area contributed by atoms with Gasteiger partial charge in [0.05, 0.1) is 13.1 Å². The van der Waals surface area contributed by atoms with E-state index in [0.717, 1.165) is 0 Å². The minimum Gasteiger partial charge on any atom is -0.480 e. The van der Waals surface area contributed by atoms with Gasteiger partial charge in [-0.2, -0.15) is 0 Å². The number of aliphatic carboxylic acids is 1. The Hall–Kier alpha value is -1.25. The predicted octanol–water partition coefficient (Wildman–Crippen LogP) is -1.17. The lowest BCUT2D eigenvalue weighted by molar-refractivity contribution is -0.137. The first-order chi connectivity index (χ1) is 5.66. The number of halogens is 1. The van der Waals surface area contributed by atoms with Crippen molar-refractivity contribution in [2.45, 2.75) is 0 Å². The van der Waals surface area contributed by atoms with Gasteiger partial charge < -0.3 is 10.4 Å². The molecular formula is C7H11ClN2O3. The van der Waals surface area contributed by atoms with E-state index in [4.69, 9.17) is 11.5 Å². The fourth-order valence-corrected chi connectivity index (χ4v) is 0.485. The minimum absolute atomic E-state index is 0. The van der Waals surface area contributed by atoms with E-state index in [0.29, 0.717) is 6.54 Å². The largest absolute Gasteiger partial charge is 0.480 e. The quantitative estimate of drug-likeness (QED) is 0.391. The van der Waals surface area contributed by atoms with E-state index in [1.54, 1.807) is 0 Å². The summed E-state index contributed by atoms with van der Waals surface area (Å²) < 4.78 is 0. The second kappa shape index (κ2) is 8.84. The zero-order valence-electron chi connectivity index (χ0n) is 6.87. The number of carboxylic acid groups (broad SMARTS) is 1. The van der Waals surface area contributed by atoms with Gasteiger partial charge in [0, 0.05) is 0 Å². The minimum atomic E-state index is -1.07. The number of rotatable bonds is 5. The fraction of sp³-hybridized carbons (Fsp3) is 0.429. The third kappa shape index (κ3) is 10.8. The molecule has 5 nitrogen and oxygen atoms in total. The van der Waals surface area contributed by atoms with Crippen LogP contribution in [0.3, 0.4) is 0 Å². The summed E-state index contributed by atoms with van der Waals surface area (Å²) in [6.07, 6.45) is 4.90. The third-order valence-corrected chi connectivity index (χ3v) is 0.949. The lowest BCUT2D eigenvalue weighted by atomic mass is 10.5. The zero-order valence-corrected chi connectivity index (χ0v) is 7.69. The number of carbonyl (C=O) groups excluding carboxylic acids is 1. The van der Waals surface area contributed by atoms with Crippen LogP contribution in [0.2, 0.25) is 0 Å². The average molecular weight is 207 g/mol. The Kier molecular flexibility index (Phi) is 9.72. The van der Waals surface area contributed by atoms with Crippen LogP contribution < -0.4 is 10.6 Å². The van der Waals surface area contributed by atoms with E-state index in [1.165, 1.54) is 0 Å². The highest BCUT2D eigenvalue weighted by molar-refractivity contribution is 5.85. The second-order valence-corrected chi connectivity index (χ2v) is 1.98. The van der Waals surface area contributed by atoms with Gasteiger partial charge >= 0.3 is 5.97 Å². The lowest BCUT2D eigenvalue weighted by Crippen LogP contribution is -2.36. The fourth-order valence-electron chi connectivity index (χ4n) is 0.485. The van der Waals surface area contributed by atoms with Gasteiger partial charge in [-0.1, -0.05) is 5.92 Å². The summed E-state index contributed by atoms with van der Waals surface area (Å²) in [5.74, 6) is 0.830. The van der Waals surface area contributed by atoms with Crippen LogP contribution in [0, 0.1) is 12.3 Å². The van der Waals surface area contributed by atoms with Crippen LogP contribution in [0.1, 0.15) is 0 Å². The highest BCUT2D eigenvalue weighted by atomic mass is 35.5. The zero-order chi connectivity index (χ0) is 9.40. The molecule has 0 aliphatic heterocycles. The molecule has 0 fully saturated rings. The number of terminal acetylenes is 1. The maximum absolute atomic E-state index is 10.7. The third-order valence-electron chi connectivity index (χ3n) is 0.949. The molecule has 0 aliphatic rings. The van der Waals surface area contributed by atoms with Crippen molar-refractivity contribution in [3.63, 3.8) is 0 Å². The van der Waals surface area contributed by atoms with Crippen molar-refractivity contribution in [3.8, 4) is 12.3 Å². The second-order valence-electron chi connectivity index (χ2n) is 1.98. The van der Waals surface area contributed by atoms with Crippen molar-refractivity contribution >= 4 is 24.3 Å². The molecular weight excluding hydrogens is 196 g/mol. The van der Waals surface area contributed by atoms with E-state index < -0.39 is 5.97 Å². The number of carboxylic acids is 1. The Morgan fingerprint density at radius 1 is 1.38 bits per heavy atom. The highest BCUT2D eigenvalue weighted by Crippen LogP contribution is 1.64. The van der Waals surface area contributed by atoms with E-state index in [1.807, 2.05) is 0 Å². The first kappa shape index (κ1) is 14.3. The Bertz CT molecular complexity index is 212. The van der Waals surface area contributed by atoms with Crippen molar-refractivity contribution in [2.24, 2.45) is 0 Å². The smallest absolute Gasteiger partial charge is 0.322 e. The molecule has 0 saturated heterocycles. The van der Waals surface area contributed by atoms with E-state index in [-0.39, 0.29) is 31.4 Å². The van der Waals surface area contributed by atoms with Gasteiger partial charge in [-0.3, -0.25) is 14.9 Å². The van der Waals surface area contributed by atoms with Gasteiger partial charge in [0.25, 0.3) is 0 Å². The summed E-state index contributed by atoms with van der Waals surface area (Å²) >= 11 is 0. The van der Waals surface area contributed by atoms with E-state index >= 15 is 0 Å². The molecule has 0 saturated carbocycles. The molecule has 0 aromatic rings. The molecule has 0 aliphatic carbocycles. The van der Waals surface area contributed by atoms with Crippen molar-refractivity contribution < 1.29 is 14.7 Å². The molecule has 0 unspecified atom stereocenters. The topological polar surface area (TPSA) is 78.4 Å². The summed E-state index contributed by atoms with van der Waals surface area (Å²) in [5, 5.41) is 13.0. The molecule has 0 rings (SSSR count). The van der Waals surface area contributed by atoms with Crippen LogP contribution >= 0.6 is 12.4 Å². The molecule has 13 heavy (non-hydrogen) atoms. The highest BCUT2D eigenvalue weighted by Gasteiger charge is 2.01. The van der Waals surface area contributed by atoms with Gasteiger partial charge in [-0.15, -0.1) is 18.8 Å². The molecule has 0 atom stereocenters. The summed E-state index contributed by atoms with van der Waals surface area (Å²) in [6.45, 7) is -0.0332. The first-order valence-corrected chi connectivity index (χ1v) is 3.29. The molecule has 0 heterocycles. The lowest BCUT2D eigenvalue weighted by Gasteiger charge is -2.00. The number of hydrogen-bond acceptors (Lipinski definition) is 3. The van der Waals surface area contributed by atoms with Gasteiger partial charge in [-0.25, -0.2) is 0 Å². The van der Waals surface area contributed by atoms with Gasteiger partial charge in [-0.05, 0) is 0 Å². The molecule has 0 spiro atoms. The van der Waals surface area contributed by atoms with Crippen LogP contribution in [0.5, 0.6) is 0 Å². The van der Waals surface area contributed by atoms with E-state index in [2.05, 4.69) is 16.6 Å². The van der Waals surface area contributed by atoms with Crippen molar-refractivity contribution in [3.05, 3.63) is 0 Å². The SMILES string of the molecule is C#CCNCC(=O)NCC(=O)O.Cl. The van der Waals surface area contributed by atoms with Crippen molar-refractivity contribution in [1.82, 2.24) is 10.6 Å². The van der Waals surface area contributed by atoms with Crippen LogP contribution in [-0.2, 0) is 9.59 Å². The Morgan fingerprint density at radius 3 is 2.46 bits per heavy atom. The Morgan fingerprint density at radius 2 is 2.00 bits per heavy atom. The Labute approximate surface area is 82.3 Å². The predicted molar refractivity (Wildman–Crippen MR) is 49.6 cm³/mol. The molecule has 1 amide bonds. The van der Waals surface area contributed by atoms with Gasteiger partial charge in [0.2, 0.25) is 5.91 Å². The monoisotopic (exact) mass is 206 g/mol. The van der Waals surface area contributed by atoms with Crippen LogP contribution in [0.25, 0.3) is 0 Å². The van der Waals surface area contributed by atoms with Crippen molar-refractivity contribution in [2.75, 3.05) is 19.6 Å². The summed E-state index contributed by atoms with van der Waals surface area (Å²) in [5.41, 5.74) is 0. The normalized spacial score (nSPS) is 7.92. The summed E-state index contributed by atoms with van der Waals surface area (Å²) in [4.78, 5) is 20.7. The number of hydrogen-bond donors (Lipinski definition) is 3. The number of amides is 1. The Balaban J connectivity index is 0. The average Bonchev–Trinajstić information content (AvgIpc) is 2.01. The molecule has 0 bridgehead atoms. The maximum atomic E-state index is 10.7. The number of nitrogens with one attached hydrogen (secondary N) is 2. The first-order valence-electron chi connectivity index (χ1n) is 3.29. The van der Waals surface area contributed by atoms with Crippen molar-refractivity contribution in [1.29, 1.82) is 0 Å². The molecule has 6 heteroatoms. The molecule has 3 N–H and O–H groups in total. The molecule has 0 aromatic heterocycles. The number of carbonyl (C=O) groups is 2. The summed E-state index contributed by atoms with van der Waals surface area (Å²) in [6, 6.07) is 0. The maximum Gasteiger partial charge on any atom is 0.322 e. The van der Waals surface area contributed by atoms with Crippen LogP contribution in [-0.4, -0.2) is 36.6 Å². The molecule has 74 valence electrons. The van der Waals surface area contributed by atoms with E-state index in [9.17, 15) is 9.59 Å². The van der Waals surface area contributed by atoms with Gasteiger partial charge in [0.1, 0.15) is 6.54 Å². The van der Waals surface area contributed by atoms with Gasteiger partial charge in [0.15, 0.2) is 0 Å². The van der Waals surface area contributed by atoms with Crippen LogP contribution in [0.4, 0.5) is 0 Å². The van der Waals surface area contributed by atoms with Crippen LogP contribution in [0.15, 0.2) is 0 Å².